The molecule has 2 heterocycles. The molecule has 0 saturated carbocycles. The molecule has 0 amide bonds. The second kappa shape index (κ2) is 2.87. The van der Waals surface area contributed by atoms with Gasteiger partial charge in [-0.1, -0.05) is 0 Å². The zero-order valence-electron chi connectivity index (χ0n) is 7.18. The third kappa shape index (κ3) is 1.18. The van der Waals surface area contributed by atoms with Crippen LogP contribution in [0.5, 0.6) is 0 Å². The minimum atomic E-state index is -0.625. The van der Waals surface area contributed by atoms with Crippen LogP contribution in [0.2, 0.25) is 0 Å². The van der Waals surface area contributed by atoms with Crippen molar-refractivity contribution in [3.63, 3.8) is 0 Å². The fourth-order valence-corrected chi connectivity index (χ4v) is 3.17. The van der Waals surface area contributed by atoms with Gasteiger partial charge in [-0.2, -0.15) is 11.8 Å². The zero-order chi connectivity index (χ0) is 8.66. The summed E-state index contributed by atoms with van der Waals surface area (Å²) in [5, 5.41) is 13.2. The smallest absolute Gasteiger partial charge is 0.108 e. The van der Waals surface area contributed by atoms with E-state index in [1.165, 1.54) is 5.75 Å². The van der Waals surface area contributed by atoms with Crippen molar-refractivity contribution in [3.8, 4) is 0 Å². The zero-order valence-corrected chi connectivity index (χ0v) is 7.99. The van der Waals surface area contributed by atoms with Crippen LogP contribution in [0.3, 0.4) is 0 Å². The number of hydrogen-bond donors (Lipinski definition) is 3. The van der Waals surface area contributed by atoms with E-state index in [0.717, 1.165) is 18.6 Å². The average molecular weight is 188 g/mol. The molecule has 0 aromatic heterocycles. The van der Waals surface area contributed by atoms with Crippen molar-refractivity contribution >= 4 is 11.8 Å². The lowest BCUT2D eigenvalue weighted by Crippen LogP contribution is -2.76. The van der Waals surface area contributed by atoms with Gasteiger partial charge in [-0.05, 0) is 18.6 Å². The molecule has 2 aliphatic rings. The summed E-state index contributed by atoms with van der Waals surface area (Å²) in [7, 11) is 0. The van der Waals surface area contributed by atoms with Crippen molar-refractivity contribution in [1.82, 2.24) is 5.32 Å². The molecular formula is C8H16N2OS. The first kappa shape index (κ1) is 8.81. The number of hydrogen-bond acceptors (Lipinski definition) is 4. The maximum atomic E-state index is 10.1. The fourth-order valence-electron chi connectivity index (χ4n) is 1.90. The standard InChI is InChI=1S/C8H16N2OS/c9-7(2-1-3-12-6-7)8(11)4-10-5-8/h10-11H,1-6,9H2. The van der Waals surface area contributed by atoms with Gasteiger partial charge in [0.2, 0.25) is 0 Å². The molecule has 70 valence electrons. The number of nitrogens with two attached hydrogens (primary N) is 1. The van der Waals surface area contributed by atoms with Gasteiger partial charge in [0.05, 0.1) is 5.54 Å². The van der Waals surface area contributed by atoms with Gasteiger partial charge in [-0.25, -0.2) is 0 Å². The SMILES string of the molecule is NC1(C2(O)CNC2)CCCSC1. The Morgan fingerprint density at radius 2 is 2.17 bits per heavy atom. The average Bonchev–Trinajstić information content (AvgIpc) is 2.01. The van der Waals surface area contributed by atoms with Gasteiger partial charge < -0.3 is 16.2 Å². The lowest BCUT2D eigenvalue weighted by molar-refractivity contribution is -0.0718. The Bertz CT molecular complexity index is 176. The number of β-amino-alcohol motifs (C(OH)–C–C–N with tert-alkyl or cyclic N) is 1. The van der Waals surface area contributed by atoms with Crippen LogP contribution >= 0.6 is 11.8 Å². The van der Waals surface area contributed by atoms with E-state index >= 15 is 0 Å². The van der Waals surface area contributed by atoms with Crippen molar-refractivity contribution in [2.45, 2.75) is 24.0 Å². The Morgan fingerprint density at radius 1 is 1.42 bits per heavy atom. The van der Waals surface area contributed by atoms with E-state index < -0.39 is 5.60 Å². The van der Waals surface area contributed by atoms with Gasteiger partial charge in [0.1, 0.15) is 5.60 Å². The molecule has 0 aromatic carbocycles. The predicted octanol–water partition coefficient (Wildman–Crippen LogP) is -0.455. The van der Waals surface area contributed by atoms with E-state index in [2.05, 4.69) is 5.32 Å². The van der Waals surface area contributed by atoms with E-state index in [4.69, 9.17) is 5.73 Å². The molecule has 4 heteroatoms. The minimum absolute atomic E-state index is 0.332. The summed E-state index contributed by atoms with van der Waals surface area (Å²) in [5.41, 5.74) is 5.23. The molecule has 0 aliphatic carbocycles. The predicted molar refractivity (Wildman–Crippen MR) is 51.3 cm³/mol. The van der Waals surface area contributed by atoms with Crippen LogP contribution in [0.1, 0.15) is 12.8 Å². The molecule has 0 bridgehead atoms. The highest BCUT2D eigenvalue weighted by Crippen LogP contribution is 2.35. The second-order valence-electron chi connectivity index (χ2n) is 3.95. The summed E-state index contributed by atoms with van der Waals surface area (Å²) >= 11 is 1.87. The highest BCUT2D eigenvalue weighted by molar-refractivity contribution is 7.99. The maximum Gasteiger partial charge on any atom is 0.108 e. The summed E-state index contributed by atoms with van der Waals surface area (Å²) in [6.45, 7) is 1.34. The van der Waals surface area contributed by atoms with Crippen LogP contribution in [0, 0.1) is 0 Å². The van der Waals surface area contributed by atoms with Gasteiger partial charge >= 0.3 is 0 Å². The van der Waals surface area contributed by atoms with Crippen LogP contribution < -0.4 is 11.1 Å². The second-order valence-corrected chi connectivity index (χ2v) is 5.05. The molecule has 0 radical (unpaired) electrons. The number of aliphatic hydroxyl groups is 1. The molecule has 3 nitrogen and oxygen atoms in total. The molecule has 4 N–H and O–H groups in total. The first-order chi connectivity index (χ1) is 5.66. The van der Waals surface area contributed by atoms with Crippen LogP contribution in [0.15, 0.2) is 0 Å². The Morgan fingerprint density at radius 3 is 2.58 bits per heavy atom. The molecule has 2 saturated heterocycles. The monoisotopic (exact) mass is 188 g/mol. The van der Waals surface area contributed by atoms with Crippen LogP contribution in [-0.2, 0) is 0 Å². The Hall–Kier alpha value is 0.230. The van der Waals surface area contributed by atoms with Crippen molar-refractivity contribution in [1.29, 1.82) is 0 Å². The first-order valence-electron chi connectivity index (χ1n) is 4.46. The number of rotatable bonds is 1. The molecule has 12 heavy (non-hydrogen) atoms. The molecule has 2 rings (SSSR count). The normalized spacial score (nSPS) is 40.5. The van der Waals surface area contributed by atoms with Crippen molar-refractivity contribution in [2.24, 2.45) is 5.73 Å². The summed E-state index contributed by atoms with van der Waals surface area (Å²) in [6.07, 6.45) is 2.11. The highest BCUT2D eigenvalue weighted by Gasteiger charge is 2.51. The van der Waals surface area contributed by atoms with Gasteiger partial charge in [0.25, 0.3) is 0 Å². The number of nitrogens with one attached hydrogen (secondary N) is 1. The molecule has 2 fully saturated rings. The Labute approximate surface area is 77.1 Å². The number of thioether (sulfide) groups is 1. The molecule has 0 aromatic rings. The van der Waals surface area contributed by atoms with Crippen molar-refractivity contribution in [3.05, 3.63) is 0 Å². The van der Waals surface area contributed by atoms with Crippen molar-refractivity contribution < 1.29 is 5.11 Å². The largest absolute Gasteiger partial charge is 0.385 e. The van der Waals surface area contributed by atoms with E-state index in [0.29, 0.717) is 13.1 Å². The third-order valence-corrected chi connectivity index (χ3v) is 4.33. The molecule has 0 spiro atoms. The van der Waals surface area contributed by atoms with Gasteiger partial charge in [-0.3, -0.25) is 0 Å². The first-order valence-corrected chi connectivity index (χ1v) is 5.62. The van der Waals surface area contributed by atoms with Gasteiger partial charge in [0, 0.05) is 18.8 Å². The van der Waals surface area contributed by atoms with E-state index in [1.54, 1.807) is 0 Å². The summed E-state index contributed by atoms with van der Waals surface area (Å²) in [6, 6.07) is 0. The summed E-state index contributed by atoms with van der Waals surface area (Å²) in [5.74, 6) is 2.10. The summed E-state index contributed by atoms with van der Waals surface area (Å²) < 4.78 is 0. The van der Waals surface area contributed by atoms with Crippen LogP contribution in [0.4, 0.5) is 0 Å². The fraction of sp³-hybridized carbons (Fsp3) is 1.00. The van der Waals surface area contributed by atoms with Crippen LogP contribution in [0.25, 0.3) is 0 Å². The molecule has 1 unspecified atom stereocenters. The topological polar surface area (TPSA) is 58.3 Å². The molecule has 1 atom stereocenters. The Balaban J connectivity index is 2.07. The van der Waals surface area contributed by atoms with Crippen molar-refractivity contribution in [2.75, 3.05) is 24.6 Å². The van der Waals surface area contributed by atoms with E-state index in [1.807, 2.05) is 11.8 Å². The van der Waals surface area contributed by atoms with E-state index in [9.17, 15) is 5.11 Å². The quantitative estimate of drug-likeness (QED) is 0.521. The maximum absolute atomic E-state index is 10.1. The lowest BCUT2D eigenvalue weighted by atomic mass is 9.74. The Kier molecular flexibility index (Phi) is 2.11. The summed E-state index contributed by atoms with van der Waals surface area (Å²) in [4.78, 5) is 0. The van der Waals surface area contributed by atoms with Gasteiger partial charge in [-0.15, -0.1) is 0 Å². The lowest BCUT2D eigenvalue weighted by Gasteiger charge is -2.52. The van der Waals surface area contributed by atoms with E-state index in [-0.39, 0.29) is 5.54 Å². The van der Waals surface area contributed by atoms with Gasteiger partial charge in [0.15, 0.2) is 0 Å². The molecule has 2 aliphatic heterocycles. The third-order valence-electron chi connectivity index (χ3n) is 3.03. The highest BCUT2D eigenvalue weighted by atomic mass is 32.2. The van der Waals surface area contributed by atoms with Crippen LogP contribution in [-0.4, -0.2) is 40.8 Å². The molecular weight excluding hydrogens is 172 g/mol. The minimum Gasteiger partial charge on any atom is -0.385 e.